The Bertz CT molecular complexity index is 957. The Morgan fingerprint density at radius 2 is 1.71 bits per heavy atom. The van der Waals surface area contributed by atoms with Crippen LogP contribution in [-0.4, -0.2) is 26.3 Å². The Balaban J connectivity index is 1.86. The summed E-state index contributed by atoms with van der Waals surface area (Å²) in [7, 11) is -3.27. The van der Waals surface area contributed by atoms with Crippen LogP contribution in [0.1, 0.15) is 65.4 Å². The summed E-state index contributed by atoms with van der Waals surface area (Å²) >= 11 is 0. The second-order valence-corrected chi connectivity index (χ2v) is 10.9. The Hall–Kier alpha value is -1.86. The Kier molecular flexibility index (Phi) is 7.28. The fraction of sp³-hybridized carbons (Fsp3) is 0.571. The van der Waals surface area contributed by atoms with Crippen LogP contribution in [-0.2, 0) is 10.0 Å². The van der Waals surface area contributed by atoms with Gasteiger partial charge in [-0.15, -0.1) is 0 Å². The predicted molar refractivity (Wildman–Crippen MR) is 116 cm³/mol. The minimum Gasteiger partial charge on any atom is -0.422 e. The molecule has 2 aromatic rings. The lowest BCUT2D eigenvalue weighted by Gasteiger charge is -2.19. The van der Waals surface area contributed by atoms with E-state index in [1.807, 2.05) is 12.1 Å². The van der Waals surface area contributed by atoms with E-state index in [0.717, 1.165) is 42.4 Å². The minimum atomic E-state index is -3.27. The number of fused-ring (bicyclic) bond motifs is 1. The van der Waals surface area contributed by atoms with Crippen LogP contribution in [0.3, 0.4) is 0 Å². The van der Waals surface area contributed by atoms with Crippen LogP contribution < -0.4 is 15.7 Å². The number of rotatable bonds is 9. The van der Waals surface area contributed by atoms with Crippen molar-refractivity contribution in [2.75, 3.05) is 18.4 Å². The number of sulfonamides is 1. The molecule has 1 heterocycles. The molecule has 0 spiro atoms. The molecule has 0 atom stereocenters. The molecular formula is C21H32N2O4S. The van der Waals surface area contributed by atoms with Gasteiger partial charge < -0.3 is 9.73 Å². The van der Waals surface area contributed by atoms with Crippen molar-refractivity contribution in [3.05, 3.63) is 40.2 Å². The predicted octanol–water partition coefficient (Wildman–Crippen LogP) is 4.22. The summed E-state index contributed by atoms with van der Waals surface area (Å²) in [4.78, 5) is 11.5. The normalized spacial score (nSPS) is 12.6. The first kappa shape index (κ1) is 22.4. The van der Waals surface area contributed by atoms with E-state index in [2.05, 4.69) is 23.9 Å². The van der Waals surface area contributed by atoms with Crippen LogP contribution in [0.4, 0.5) is 5.69 Å². The van der Waals surface area contributed by atoms with E-state index in [0.29, 0.717) is 12.1 Å². The van der Waals surface area contributed by atoms with Crippen LogP contribution in [0, 0.1) is 0 Å². The van der Waals surface area contributed by atoms with Crippen molar-refractivity contribution in [1.82, 2.24) is 4.72 Å². The Labute approximate surface area is 167 Å². The topological polar surface area (TPSA) is 88.4 Å². The minimum absolute atomic E-state index is 0.241. The van der Waals surface area contributed by atoms with Crippen LogP contribution in [0.5, 0.6) is 0 Å². The first-order chi connectivity index (χ1) is 13.0. The van der Waals surface area contributed by atoms with Gasteiger partial charge in [0.2, 0.25) is 10.0 Å². The zero-order chi connectivity index (χ0) is 20.9. The molecule has 0 amide bonds. The van der Waals surface area contributed by atoms with E-state index in [9.17, 15) is 13.2 Å². The van der Waals surface area contributed by atoms with E-state index < -0.39 is 14.8 Å². The molecule has 0 fully saturated rings. The summed E-state index contributed by atoms with van der Waals surface area (Å²) in [5, 5.41) is 4.33. The molecular weight excluding hydrogens is 376 g/mol. The summed E-state index contributed by atoms with van der Waals surface area (Å²) in [6, 6.07) is 7.25. The molecule has 0 unspecified atom stereocenters. The van der Waals surface area contributed by atoms with Gasteiger partial charge in [0.05, 0.1) is 4.75 Å². The van der Waals surface area contributed by atoms with Crippen molar-refractivity contribution in [2.45, 2.75) is 64.5 Å². The Morgan fingerprint density at radius 1 is 1.04 bits per heavy atom. The molecule has 0 saturated carbocycles. The molecule has 0 aliphatic rings. The lowest BCUT2D eigenvalue weighted by atomic mass is 9.99. The molecule has 7 heteroatoms. The third-order valence-corrected chi connectivity index (χ3v) is 6.85. The quantitative estimate of drug-likeness (QED) is 0.479. The van der Waals surface area contributed by atoms with Crippen molar-refractivity contribution in [1.29, 1.82) is 0 Å². The average molecular weight is 409 g/mol. The van der Waals surface area contributed by atoms with E-state index in [1.165, 1.54) is 6.07 Å². The number of hydrogen-bond donors (Lipinski definition) is 2. The molecule has 1 aromatic heterocycles. The number of anilines is 1. The van der Waals surface area contributed by atoms with Gasteiger partial charge in [-0.3, -0.25) is 0 Å². The number of hydrogen-bond acceptors (Lipinski definition) is 5. The maximum Gasteiger partial charge on any atom is 0.336 e. The fourth-order valence-electron chi connectivity index (χ4n) is 2.82. The van der Waals surface area contributed by atoms with Gasteiger partial charge in [-0.05, 0) is 57.7 Å². The summed E-state index contributed by atoms with van der Waals surface area (Å²) in [5.41, 5.74) is 2.32. The van der Waals surface area contributed by atoms with Crippen molar-refractivity contribution >= 4 is 26.7 Å². The highest BCUT2D eigenvalue weighted by atomic mass is 32.2. The van der Waals surface area contributed by atoms with E-state index in [1.54, 1.807) is 26.8 Å². The number of nitrogens with one attached hydrogen (secondary N) is 2. The van der Waals surface area contributed by atoms with Gasteiger partial charge in [-0.2, -0.15) is 0 Å². The highest BCUT2D eigenvalue weighted by molar-refractivity contribution is 7.90. The van der Waals surface area contributed by atoms with Crippen molar-refractivity contribution in [3.8, 4) is 0 Å². The van der Waals surface area contributed by atoms with Gasteiger partial charge in [0.25, 0.3) is 0 Å². The van der Waals surface area contributed by atoms with Crippen molar-refractivity contribution < 1.29 is 12.8 Å². The monoisotopic (exact) mass is 408 g/mol. The molecule has 0 saturated heterocycles. The third-order valence-electron chi connectivity index (χ3n) is 4.65. The largest absolute Gasteiger partial charge is 0.422 e. The zero-order valence-corrected chi connectivity index (χ0v) is 18.3. The van der Waals surface area contributed by atoms with Gasteiger partial charge in [-0.25, -0.2) is 17.9 Å². The van der Waals surface area contributed by atoms with Gasteiger partial charge in [0.15, 0.2) is 0 Å². The second kappa shape index (κ2) is 9.09. The van der Waals surface area contributed by atoms with Gasteiger partial charge >= 0.3 is 5.63 Å². The van der Waals surface area contributed by atoms with Crippen molar-refractivity contribution in [2.24, 2.45) is 0 Å². The van der Waals surface area contributed by atoms with Crippen LogP contribution >= 0.6 is 0 Å². The molecule has 0 radical (unpaired) electrons. The molecule has 156 valence electrons. The lowest BCUT2D eigenvalue weighted by molar-refractivity contribution is 0.540. The molecule has 0 bridgehead atoms. The van der Waals surface area contributed by atoms with Crippen LogP contribution in [0.2, 0.25) is 0 Å². The molecule has 6 nitrogen and oxygen atoms in total. The lowest BCUT2D eigenvalue weighted by Crippen LogP contribution is -2.39. The molecule has 28 heavy (non-hydrogen) atoms. The summed E-state index contributed by atoms with van der Waals surface area (Å²) < 4.78 is 31.3. The van der Waals surface area contributed by atoms with E-state index in [-0.39, 0.29) is 11.5 Å². The SMILES string of the molecule is CC(C)c1cc(NCCCCCNS(=O)(=O)C(C)(C)C)cc2ccc(=O)oc12. The summed E-state index contributed by atoms with van der Waals surface area (Å²) in [5.74, 6) is 0.241. The Morgan fingerprint density at radius 3 is 2.36 bits per heavy atom. The molecule has 2 N–H and O–H groups in total. The van der Waals surface area contributed by atoms with E-state index in [4.69, 9.17) is 4.42 Å². The molecule has 0 aliphatic heterocycles. The summed E-state index contributed by atoms with van der Waals surface area (Å²) in [6.45, 7) is 10.5. The first-order valence-electron chi connectivity index (χ1n) is 9.82. The maximum absolute atomic E-state index is 12.0. The third kappa shape index (κ3) is 5.82. The highest BCUT2D eigenvalue weighted by Crippen LogP contribution is 2.28. The summed E-state index contributed by atoms with van der Waals surface area (Å²) in [6.07, 6.45) is 2.67. The number of unbranched alkanes of at least 4 members (excludes halogenated alkanes) is 2. The van der Waals surface area contributed by atoms with Gasteiger partial charge in [0.1, 0.15) is 5.58 Å². The fourth-order valence-corrected chi connectivity index (χ4v) is 3.67. The zero-order valence-electron chi connectivity index (χ0n) is 17.5. The van der Waals surface area contributed by atoms with Gasteiger partial charge in [0, 0.05) is 35.8 Å². The molecule has 2 rings (SSSR count). The highest BCUT2D eigenvalue weighted by Gasteiger charge is 2.27. The second-order valence-electron chi connectivity index (χ2n) is 8.39. The average Bonchev–Trinajstić information content (AvgIpc) is 2.59. The molecule has 0 aliphatic carbocycles. The smallest absolute Gasteiger partial charge is 0.336 e. The maximum atomic E-state index is 12.0. The van der Waals surface area contributed by atoms with Crippen LogP contribution in [0.25, 0.3) is 11.0 Å². The van der Waals surface area contributed by atoms with Crippen molar-refractivity contribution in [3.63, 3.8) is 0 Å². The van der Waals surface area contributed by atoms with E-state index >= 15 is 0 Å². The standard InChI is InChI=1S/C21H32N2O4S/c1-15(2)18-14-17(13-16-9-10-19(24)27-20(16)18)22-11-7-6-8-12-23-28(25,26)21(3,4)5/h9-10,13-15,22-23H,6-8,11-12H2,1-5H3. The van der Waals surface area contributed by atoms with Gasteiger partial charge in [-0.1, -0.05) is 20.3 Å². The first-order valence-corrected chi connectivity index (χ1v) is 11.3. The van der Waals surface area contributed by atoms with Crippen LogP contribution in [0.15, 0.2) is 33.5 Å². The number of benzene rings is 1. The molecule has 1 aromatic carbocycles.